The summed E-state index contributed by atoms with van der Waals surface area (Å²) in [5, 5.41) is -0.0194. The molecule has 2 heterocycles. The summed E-state index contributed by atoms with van der Waals surface area (Å²) < 4.78 is 22.8. The Balaban J connectivity index is 2.43. The lowest BCUT2D eigenvalue weighted by Gasteiger charge is -2.11. The van der Waals surface area contributed by atoms with Gasteiger partial charge in [-0.3, -0.25) is 10.3 Å². The van der Waals surface area contributed by atoms with Crippen LogP contribution in [0.3, 0.4) is 0 Å². The number of hydrogen-bond acceptors (Lipinski definition) is 5. The third kappa shape index (κ3) is 2.66. The van der Waals surface area contributed by atoms with E-state index < -0.39 is 15.4 Å². The minimum absolute atomic E-state index is 0.0995. The normalized spacial score (nSPS) is 18.3. The zero-order valence-corrected chi connectivity index (χ0v) is 11.8. The maximum atomic E-state index is 11.4. The SMILES string of the molecule is CC1(C)C=C(c2cnc(S(C)(=O)=O)c(Cl)c2)NO1. The Kier molecular flexibility index (Phi) is 3.12. The van der Waals surface area contributed by atoms with Crippen LogP contribution in [0, 0.1) is 0 Å². The van der Waals surface area contributed by atoms with Crippen molar-refractivity contribution < 1.29 is 13.3 Å². The van der Waals surface area contributed by atoms with Gasteiger partial charge in [0.2, 0.25) is 0 Å². The summed E-state index contributed by atoms with van der Waals surface area (Å²) in [6.45, 7) is 3.79. The summed E-state index contributed by atoms with van der Waals surface area (Å²) in [4.78, 5) is 9.20. The molecule has 0 amide bonds. The second-order valence-electron chi connectivity index (χ2n) is 4.65. The van der Waals surface area contributed by atoms with E-state index in [4.69, 9.17) is 16.4 Å². The second kappa shape index (κ2) is 4.22. The van der Waals surface area contributed by atoms with Gasteiger partial charge in [0.15, 0.2) is 14.9 Å². The monoisotopic (exact) mass is 288 g/mol. The maximum absolute atomic E-state index is 11.4. The first-order valence-corrected chi connectivity index (χ1v) is 7.49. The summed E-state index contributed by atoms with van der Waals surface area (Å²) in [6, 6.07) is 1.55. The van der Waals surface area contributed by atoms with E-state index in [1.807, 2.05) is 19.9 Å². The van der Waals surface area contributed by atoms with Gasteiger partial charge in [0.1, 0.15) is 5.60 Å². The van der Waals surface area contributed by atoms with Gasteiger partial charge in [-0.05, 0) is 26.0 Å². The van der Waals surface area contributed by atoms with Crippen LogP contribution >= 0.6 is 11.6 Å². The molecular weight excluding hydrogens is 276 g/mol. The molecule has 0 aromatic carbocycles. The van der Waals surface area contributed by atoms with Gasteiger partial charge >= 0.3 is 0 Å². The Hall–Kier alpha value is -1.11. The highest BCUT2D eigenvalue weighted by Crippen LogP contribution is 2.28. The van der Waals surface area contributed by atoms with Crippen molar-refractivity contribution in [3.05, 3.63) is 28.9 Å². The highest BCUT2D eigenvalue weighted by Gasteiger charge is 2.25. The molecule has 1 N–H and O–H groups in total. The van der Waals surface area contributed by atoms with Crippen LogP contribution in [0.25, 0.3) is 5.70 Å². The van der Waals surface area contributed by atoms with Crippen LogP contribution in [0.15, 0.2) is 23.4 Å². The summed E-state index contributed by atoms with van der Waals surface area (Å²) in [6.07, 6.45) is 4.40. The standard InChI is InChI=1S/C11H13ClN2O3S/c1-11(2)5-9(14-17-11)7-4-8(12)10(13-6-7)18(3,15)16/h4-6,14H,1-3H3. The fourth-order valence-corrected chi connectivity index (χ4v) is 2.82. The molecule has 2 rings (SSSR count). The maximum Gasteiger partial charge on any atom is 0.194 e. The van der Waals surface area contributed by atoms with Gasteiger partial charge in [0.25, 0.3) is 0 Å². The molecule has 7 heteroatoms. The van der Waals surface area contributed by atoms with Crippen LogP contribution in [0.1, 0.15) is 19.4 Å². The number of pyridine rings is 1. The van der Waals surface area contributed by atoms with E-state index in [0.717, 1.165) is 12.0 Å². The Morgan fingerprint density at radius 2 is 2.11 bits per heavy atom. The topological polar surface area (TPSA) is 68.3 Å². The molecule has 1 aromatic rings. The number of hydroxylamine groups is 1. The molecule has 98 valence electrons. The van der Waals surface area contributed by atoms with Gasteiger partial charge in [-0.15, -0.1) is 0 Å². The summed E-state index contributed by atoms with van der Waals surface area (Å²) >= 11 is 5.93. The van der Waals surface area contributed by atoms with Gasteiger partial charge in [-0.1, -0.05) is 11.6 Å². The molecule has 0 saturated heterocycles. The van der Waals surface area contributed by atoms with Crippen molar-refractivity contribution in [1.82, 2.24) is 10.5 Å². The first-order chi connectivity index (χ1) is 8.19. The predicted octanol–water partition coefficient (Wildman–Crippen LogP) is 1.79. The zero-order valence-electron chi connectivity index (χ0n) is 10.2. The largest absolute Gasteiger partial charge is 0.266 e. The van der Waals surface area contributed by atoms with E-state index in [9.17, 15) is 8.42 Å². The number of halogens is 1. The molecule has 0 spiro atoms. The molecular formula is C11H13ClN2O3S. The average Bonchev–Trinajstić information content (AvgIpc) is 2.56. The summed E-state index contributed by atoms with van der Waals surface area (Å²) in [7, 11) is -3.41. The van der Waals surface area contributed by atoms with Crippen molar-refractivity contribution in [2.24, 2.45) is 0 Å². The smallest absolute Gasteiger partial charge is 0.194 e. The summed E-state index contributed by atoms with van der Waals surface area (Å²) in [5.41, 5.74) is 3.74. The van der Waals surface area contributed by atoms with E-state index >= 15 is 0 Å². The first-order valence-electron chi connectivity index (χ1n) is 5.22. The van der Waals surface area contributed by atoms with Crippen molar-refractivity contribution in [1.29, 1.82) is 0 Å². The highest BCUT2D eigenvalue weighted by molar-refractivity contribution is 7.90. The molecule has 1 aromatic heterocycles. The molecule has 0 radical (unpaired) electrons. The lowest BCUT2D eigenvalue weighted by Crippen LogP contribution is -2.20. The third-order valence-corrected chi connectivity index (χ3v) is 3.81. The van der Waals surface area contributed by atoms with Crippen LogP contribution in [-0.2, 0) is 14.7 Å². The van der Waals surface area contributed by atoms with Crippen LogP contribution in [0.2, 0.25) is 5.02 Å². The van der Waals surface area contributed by atoms with Gasteiger partial charge in [-0.25, -0.2) is 13.4 Å². The lowest BCUT2D eigenvalue weighted by atomic mass is 10.1. The molecule has 1 aliphatic heterocycles. The molecule has 0 saturated carbocycles. The van der Waals surface area contributed by atoms with Crippen molar-refractivity contribution in [3.8, 4) is 0 Å². The molecule has 0 atom stereocenters. The number of nitrogens with one attached hydrogen (secondary N) is 1. The van der Waals surface area contributed by atoms with Crippen LogP contribution < -0.4 is 5.48 Å². The van der Waals surface area contributed by atoms with E-state index in [1.54, 1.807) is 6.07 Å². The fourth-order valence-electron chi connectivity index (χ4n) is 1.58. The quantitative estimate of drug-likeness (QED) is 0.898. The minimum atomic E-state index is -3.41. The Bertz CT molecular complexity index is 623. The molecule has 0 aliphatic carbocycles. The second-order valence-corrected chi connectivity index (χ2v) is 6.99. The predicted molar refractivity (Wildman–Crippen MR) is 68.6 cm³/mol. The number of rotatable bonds is 2. The van der Waals surface area contributed by atoms with Gasteiger partial charge in [0, 0.05) is 18.0 Å². The van der Waals surface area contributed by atoms with E-state index in [0.29, 0.717) is 5.56 Å². The van der Waals surface area contributed by atoms with Crippen molar-refractivity contribution in [3.63, 3.8) is 0 Å². The van der Waals surface area contributed by atoms with Gasteiger partial charge in [0.05, 0.1) is 10.7 Å². The Morgan fingerprint density at radius 1 is 1.44 bits per heavy atom. The van der Waals surface area contributed by atoms with E-state index in [-0.39, 0.29) is 10.0 Å². The van der Waals surface area contributed by atoms with Crippen LogP contribution in [0.4, 0.5) is 0 Å². The molecule has 0 bridgehead atoms. The summed E-state index contributed by atoms with van der Waals surface area (Å²) in [5.74, 6) is 0. The number of aromatic nitrogens is 1. The number of nitrogens with zero attached hydrogens (tertiary/aromatic N) is 1. The third-order valence-electron chi connectivity index (χ3n) is 2.39. The molecule has 1 aliphatic rings. The average molecular weight is 289 g/mol. The first kappa shape index (κ1) is 13.3. The van der Waals surface area contributed by atoms with E-state index in [2.05, 4.69) is 10.5 Å². The Labute approximate surface area is 111 Å². The van der Waals surface area contributed by atoms with Crippen LogP contribution in [-0.4, -0.2) is 25.3 Å². The molecule has 0 fully saturated rings. The number of hydrogen-bond donors (Lipinski definition) is 1. The van der Waals surface area contributed by atoms with Gasteiger partial charge in [-0.2, -0.15) is 0 Å². The van der Waals surface area contributed by atoms with Crippen molar-refractivity contribution >= 4 is 27.1 Å². The molecule has 5 nitrogen and oxygen atoms in total. The molecule has 0 unspecified atom stereocenters. The number of sulfone groups is 1. The zero-order chi connectivity index (χ0) is 13.6. The fraction of sp³-hybridized carbons (Fsp3) is 0.364. The van der Waals surface area contributed by atoms with Crippen molar-refractivity contribution in [2.45, 2.75) is 24.5 Å². The molecule has 18 heavy (non-hydrogen) atoms. The van der Waals surface area contributed by atoms with Crippen LogP contribution in [0.5, 0.6) is 0 Å². The lowest BCUT2D eigenvalue weighted by molar-refractivity contribution is -0.00840. The van der Waals surface area contributed by atoms with Gasteiger partial charge < -0.3 is 0 Å². The van der Waals surface area contributed by atoms with E-state index in [1.165, 1.54) is 6.20 Å². The van der Waals surface area contributed by atoms with Crippen molar-refractivity contribution in [2.75, 3.05) is 6.26 Å². The Morgan fingerprint density at radius 3 is 2.56 bits per heavy atom. The highest BCUT2D eigenvalue weighted by atomic mass is 35.5. The minimum Gasteiger partial charge on any atom is -0.266 e.